The van der Waals surface area contributed by atoms with Crippen LogP contribution in [-0.4, -0.2) is 49.0 Å². The van der Waals surface area contributed by atoms with Crippen molar-refractivity contribution in [1.29, 1.82) is 0 Å². The normalized spacial score (nSPS) is 14.8. The van der Waals surface area contributed by atoms with Gasteiger partial charge in [-0.2, -0.15) is 8.78 Å². The standard InChI is InChI=1S/C27H26Cl2F3N5O4/c1-27(2,3)41-26(39)35-8-6-16(7-9-35)37-21-12-18(29)17(28)11-20(21)36(25(37)38)13-15-5-4-14(10-19(15)30)23-33-34-24(40-23)22(31)32/h4-5,10-12,16,22H,6-9,13H2,1-3H3. The van der Waals surface area contributed by atoms with E-state index in [1.807, 2.05) is 0 Å². The van der Waals surface area contributed by atoms with Crippen LogP contribution in [0.2, 0.25) is 10.0 Å². The molecule has 9 nitrogen and oxygen atoms in total. The lowest BCUT2D eigenvalue weighted by Crippen LogP contribution is -2.43. The third-order valence-corrected chi connectivity index (χ3v) is 7.46. The summed E-state index contributed by atoms with van der Waals surface area (Å²) in [5.41, 5.74) is 0.253. The van der Waals surface area contributed by atoms with E-state index in [1.165, 1.54) is 16.7 Å². The molecule has 1 saturated heterocycles. The van der Waals surface area contributed by atoms with E-state index in [4.69, 9.17) is 32.4 Å². The lowest BCUT2D eigenvalue weighted by atomic mass is 10.0. The molecule has 218 valence electrons. The Morgan fingerprint density at radius 3 is 2.34 bits per heavy atom. The molecule has 0 bridgehead atoms. The molecule has 0 unspecified atom stereocenters. The Balaban J connectivity index is 1.45. The summed E-state index contributed by atoms with van der Waals surface area (Å²) in [5.74, 6) is -1.81. The first-order valence-electron chi connectivity index (χ1n) is 12.8. The zero-order valence-corrected chi connectivity index (χ0v) is 23.8. The molecule has 1 aliphatic heterocycles. The molecule has 1 amide bonds. The van der Waals surface area contributed by atoms with Crippen LogP contribution in [0.3, 0.4) is 0 Å². The lowest BCUT2D eigenvalue weighted by Gasteiger charge is -2.33. The van der Waals surface area contributed by atoms with E-state index in [1.54, 1.807) is 42.4 Å². The summed E-state index contributed by atoms with van der Waals surface area (Å²) in [6.45, 7) is 6.02. The van der Waals surface area contributed by atoms with Crippen molar-refractivity contribution in [3.05, 3.63) is 68.1 Å². The molecule has 5 rings (SSSR count). The summed E-state index contributed by atoms with van der Waals surface area (Å²) in [5, 5.41) is 7.29. The molecule has 2 aromatic heterocycles. The number of alkyl halides is 2. The number of nitrogens with zero attached hydrogens (tertiary/aromatic N) is 5. The summed E-state index contributed by atoms with van der Waals surface area (Å²) >= 11 is 12.6. The minimum atomic E-state index is -2.95. The van der Waals surface area contributed by atoms with Crippen LogP contribution >= 0.6 is 23.2 Å². The Bertz CT molecular complexity index is 1670. The molecule has 0 N–H and O–H groups in total. The van der Waals surface area contributed by atoms with Crippen molar-refractivity contribution in [2.24, 2.45) is 0 Å². The first-order chi connectivity index (χ1) is 19.3. The molecule has 1 aliphatic rings. The van der Waals surface area contributed by atoms with Gasteiger partial charge in [0.05, 0.1) is 27.6 Å². The highest BCUT2D eigenvalue weighted by Crippen LogP contribution is 2.32. The van der Waals surface area contributed by atoms with Crippen molar-refractivity contribution in [3.8, 4) is 11.5 Å². The van der Waals surface area contributed by atoms with Gasteiger partial charge in [-0.1, -0.05) is 29.3 Å². The minimum Gasteiger partial charge on any atom is -0.444 e. The smallest absolute Gasteiger partial charge is 0.410 e. The van der Waals surface area contributed by atoms with Crippen molar-refractivity contribution in [3.63, 3.8) is 0 Å². The van der Waals surface area contributed by atoms with Gasteiger partial charge >= 0.3 is 18.2 Å². The largest absolute Gasteiger partial charge is 0.444 e. The Hall–Kier alpha value is -3.51. The monoisotopic (exact) mass is 611 g/mol. The summed E-state index contributed by atoms with van der Waals surface area (Å²) in [7, 11) is 0. The van der Waals surface area contributed by atoms with Gasteiger partial charge in [0.2, 0.25) is 5.89 Å². The summed E-state index contributed by atoms with van der Waals surface area (Å²) in [4.78, 5) is 27.9. The van der Waals surface area contributed by atoms with E-state index in [9.17, 15) is 18.4 Å². The number of piperidine rings is 1. The third-order valence-electron chi connectivity index (χ3n) is 6.74. The fourth-order valence-electron chi connectivity index (χ4n) is 4.83. The van der Waals surface area contributed by atoms with E-state index >= 15 is 4.39 Å². The van der Waals surface area contributed by atoms with E-state index < -0.39 is 35.5 Å². The number of imidazole rings is 1. The van der Waals surface area contributed by atoms with Gasteiger partial charge in [0.15, 0.2) is 0 Å². The molecule has 3 heterocycles. The predicted molar refractivity (Wildman–Crippen MR) is 146 cm³/mol. The van der Waals surface area contributed by atoms with Crippen LogP contribution in [0.25, 0.3) is 22.5 Å². The minimum absolute atomic E-state index is 0.118. The number of aromatic nitrogens is 4. The summed E-state index contributed by atoms with van der Waals surface area (Å²) in [6, 6.07) is 6.86. The first-order valence-corrected chi connectivity index (χ1v) is 13.6. The number of hydrogen-bond donors (Lipinski definition) is 0. The zero-order valence-electron chi connectivity index (χ0n) is 22.3. The average molecular weight is 612 g/mol. The molecule has 1 fully saturated rings. The molecular weight excluding hydrogens is 586 g/mol. The van der Waals surface area contributed by atoms with Gasteiger partial charge in [-0.05, 0) is 57.9 Å². The van der Waals surface area contributed by atoms with Gasteiger partial charge in [0.25, 0.3) is 5.89 Å². The highest BCUT2D eigenvalue weighted by Gasteiger charge is 2.30. The van der Waals surface area contributed by atoms with Crippen LogP contribution in [0.4, 0.5) is 18.0 Å². The molecule has 14 heteroatoms. The molecule has 0 saturated carbocycles. The Labute approximate surface area is 242 Å². The number of likely N-dealkylation sites (tertiary alicyclic amines) is 1. The Kier molecular flexibility index (Phi) is 7.82. The highest BCUT2D eigenvalue weighted by atomic mass is 35.5. The second-order valence-corrected chi connectivity index (χ2v) is 11.6. The average Bonchev–Trinajstić information content (AvgIpc) is 3.49. The highest BCUT2D eigenvalue weighted by molar-refractivity contribution is 6.42. The van der Waals surface area contributed by atoms with Crippen molar-refractivity contribution in [2.45, 2.75) is 58.2 Å². The van der Waals surface area contributed by atoms with Gasteiger partial charge in [0, 0.05) is 30.3 Å². The molecule has 0 spiro atoms. The SMILES string of the molecule is CC(C)(C)OC(=O)N1CCC(n2c(=O)n(Cc3ccc(-c4nnc(C(F)F)o4)cc3F)c3cc(Cl)c(Cl)cc32)CC1. The molecule has 0 radical (unpaired) electrons. The van der Waals surface area contributed by atoms with Crippen molar-refractivity contribution >= 4 is 40.3 Å². The maximum Gasteiger partial charge on any atom is 0.410 e. The van der Waals surface area contributed by atoms with Crippen LogP contribution in [0.1, 0.15) is 57.5 Å². The molecule has 0 aliphatic carbocycles. The van der Waals surface area contributed by atoms with E-state index in [0.29, 0.717) is 37.0 Å². The topological polar surface area (TPSA) is 95.4 Å². The summed E-state index contributed by atoms with van der Waals surface area (Å²) in [6.07, 6.45) is -2.38. The maximum absolute atomic E-state index is 15.2. The molecule has 0 atom stereocenters. The number of hydrogen-bond acceptors (Lipinski definition) is 6. The van der Waals surface area contributed by atoms with Gasteiger partial charge < -0.3 is 14.1 Å². The van der Waals surface area contributed by atoms with Gasteiger partial charge in [-0.15, -0.1) is 10.2 Å². The van der Waals surface area contributed by atoms with Crippen molar-refractivity contribution in [1.82, 2.24) is 24.2 Å². The van der Waals surface area contributed by atoms with E-state index in [0.717, 1.165) is 6.07 Å². The Morgan fingerprint density at radius 1 is 1.10 bits per heavy atom. The maximum atomic E-state index is 15.2. The van der Waals surface area contributed by atoms with Crippen LogP contribution in [0, 0.1) is 5.82 Å². The van der Waals surface area contributed by atoms with Crippen LogP contribution in [-0.2, 0) is 11.3 Å². The number of benzene rings is 2. The number of ether oxygens (including phenoxy) is 1. The summed E-state index contributed by atoms with van der Waals surface area (Å²) < 4.78 is 54.2. The zero-order chi connectivity index (χ0) is 29.6. The first kappa shape index (κ1) is 29.0. The second kappa shape index (κ2) is 11.1. The second-order valence-electron chi connectivity index (χ2n) is 10.7. The van der Waals surface area contributed by atoms with Crippen molar-refractivity contribution in [2.75, 3.05) is 13.1 Å². The van der Waals surface area contributed by atoms with Crippen LogP contribution < -0.4 is 5.69 Å². The van der Waals surface area contributed by atoms with Gasteiger partial charge in [-0.25, -0.2) is 14.0 Å². The lowest BCUT2D eigenvalue weighted by molar-refractivity contribution is 0.0188. The quantitative estimate of drug-likeness (QED) is 0.245. The molecular formula is C27H26Cl2F3N5O4. The third kappa shape index (κ3) is 5.94. The van der Waals surface area contributed by atoms with Gasteiger partial charge in [-0.3, -0.25) is 9.13 Å². The fraction of sp³-hybridized carbons (Fsp3) is 0.407. The number of halogens is 5. The number of fused-ring (bicyclic) bond motifs is 1. The molecule has 2 aromatic carbocycles. The van der Waals surface area contributed by atoms with Gasteiger partial charge in [0.1, 0.15) is 11.4 Å². The van der Waals surface area contributed by atoms with E-state index in [2.05, 4.69) is 10.2 Å². The fourth-order valence-corrected chi connectivity index (χ4v) is 5.14. The van der Waals surface area contributed by atoms with E-state index in [-0.39, 0.29) is 39.6 Å². The number of carbonyl (C=O) groups excluding carboxylic acids is 1. The van der Waals surface area contributed by atoms with Crippen LogP contribution in [0.5, 0.6) is 0 Å². The number of amides is 1. The number of carbonyl (C=O) groups is 1. The number of rotatable bonds is 5. The molecule has 4 aromatic rings. The predicted octanol–water partition coefficient (Wildman–Crippen LogP) is 6.86. The molecule has 41 heavy (non-hydrogen) atoms. The van der Waals surface area contributed by atoms with Crippen molar-refractivity contribution < 1.29 is 27.1 Å². The Morgan fingerprint density at radius 2 is 1.76 bits per heavy atom. The van der Waals surface area contributed by atoms with Crippen LogP contribution in [0.15, 0.2) is 39.5 Å².